The lowest BCUT2D eigenvalue weighted by Gasteiger charge is -2.03. The van der Waals surface area contributed by atoms with Crippen LogP contribution in [0.3, 0.4) is 0 Å². The number of benzene rings is 2. The molecule has 24 heavy (non-hydrogen) atoms. The minimum Gasteiger partial charge on any atom is -0.497 e. The summed E-state index contributed by atoms with van der Waals surface area (Å²) in [6, 6.07) is 15.4. The van der Waals surface area contributed by atoms with Gasteiger partial charge in [-0.1, -0.05) is 24.3 Å². The van der Waals surface area contributed by atoms with Crippen LogP contribution in [-0.4, -0.2) is 22.6 Å². The van der Waals surface area contributed by atoms with E-state index in [0.29, 0.717) is 6.54 Å². The van der Waals surface area contributed by atoms with Crippen molar-refractivity contribution < 1.29 is 9.53 Å². The number of amides is 1. The Labute approximate surface area is 140 Å². The molecular weight excluding hydrogens is 302 g/mol. The molecule has 122 valence electrons. The van der Waals surface area contributed by atoms with Gasteiger partial charge in [0.25, 0.3) is 0 Å². The summed E-state index contributed by atoms with van der Waals surface area (Å²) in [5.74, 6) is 1.46. The van der Waals surface area contributed by atoms with Gasteiger partial charge < -0.3 is 14.6 Å². The number of ether oxygens (including phenoxy) is 1. The molecule has 3 aromatic rings. The van der Waals surface area contributed by atoms with E-state index in [-0.39, 0.29) is 5.91 Å². The lowest BCUT2D eigenvalue weighted by Crippen LogP contribution is -2.22. The summed E-state index contributed by atoms with van der Waals surface area (Å²) >= 11 is 0. The standard InChI is InChI=1S/C19H19N3O2/c1-22-17-6-4-3-5-16(17)21-18(22)13-20-19(23)12-9-14-7-10-15(24-2)11-8-14/h3-12H,13H2,1-2H3,(H,20,23). The third-order valence-electron chi connectivity index (χ3n) is 3.84. The highest BCUT2D eigenvalue weighted by atomic mass is 16.5. The van der Waals surface area contributed by atoms with Crippen LogP contribution in [0.25, 0.3) is 17.1 Å². The van der Waals surface area contributed by atoms with Crippen molar-refractivity contribution in [1.82, 2.24) is 14.9 Å². The van der Waals surface area contributed by atoms with Crippen LogP contribution in [0.1, 0.15) is 11.4 Å². The first-order chi connectivity index (χ1) is 11.7. The molecule has 3 rings (SSSR count). The molecule has 0 atom stereocenters. The minimum absolute atomic E-state index is 0.155. The molecule has 0 spiro atoms. The maximum absolute atomic E-state index is 12.0. The first kappa shape index (κ1) is 15.8. The summed E-state index contributed by atoms with van der Waals surface area (Å²) in [5, 5.41) is 2.86. The molecule has 1 aromatic heterocycles. The molecule has 1 N–H and O–H groups in total. The highest BCUT2D eigenvalue weighted by Gasteiger charge is 2.07. The number of hydrogen-bond donors (Lipinski definition) is 1. The zero-order valence-electron chi connectivity index (χ0n) is 13.7. The van der Waals surface area contributed by atoms with Crippen molar-refractivity contribution in [1.29, 1.82) is 0 Å². The molecule has 1 amide bonds. The molecule has 0 aliphatic rings. The van der Waals surface area contributed by atoms with E-state index in [9.17, 15) is 4.79 Å². The van der Waals surface area contributed by atoms with Crippen molar-refractivity contribution in [2.45, 2.75) is 6.54 Å². The van der Waals surface area contributed by atoms with E-state index in [4.69, 9.17) is 4.74 Å². The fraction of sp³-hybridized carbons (Fsp3) is 0.158. The summed E-state index contributed by atoms with van der Waals surface area (Å²) in [6.07, 6.45) is 3.29. The molecule has 5 heteroatoms. The number of nitrogens with zero attached hydrogens (tertiary/aromatic N) is 2. The Hall–Kier alpha value is -3.08. The van der Waals surface area contributed by atoms with Gasteiger partial charge in [-0.25, -0.2) is 4.98 Å². The first-order valence-electron chi connectivity index (χ1n) is 7.67. The molecule has 0 bridgehead atoms. The van der Waals surface area contributed by atoms with E-state index in [2.05, 4.69) is 10.3 Å². The lowest BCUT2D eigenvalue weighted by atomic mass is 10.2. The molecule has 1 heterocycles. The van der Waals surface area contributed by atoms with Crippen LogP contribution < -0.4 is 10.1 Å². The van der Waals surface area contributed by atoms with Crippen molar-refractivity contribution in [3.8, 4) is 5.75 Å². The van der Waals surface area contributed by atoms with E-state index >= 15 is 0 Å². The molecule has 0 radical (unpaired) electrons. The number of fused-ring (bicyclic) bond motifs is 1. The maximum Gasteiger partial charge on any atom is 0.244 e. The van der Waals surface area contributed by atoms with Crippen LogP contribution >= 0.6 is 0 Å². The fourth-order valence-corrected chi connectivity index (χ4v) is 2.47. The molecule has 0 fully saturated rings. The van der Waals surface area contributed by atoms with Crippen molar-refractivity contribution in [2.24, 2.45) is 7.05 Å². The number of aromatic nitrogens is 2. The number of imidazole rings is 1. The van der Waals surface area contributed by atoms with Gasteiger partial charge in [-0.2, -0.15) is 0 Å². The van der Waals surface area contributed by atoms with Gasteiger partial charge in [-0.05, 0) is 35.9 Å². The smallest absolute Gasteiger partial charge is 0.244 e. The Morgan fingerprint density at radius 1 is 1.21 bits per heavy atom. The van der Waals surface area contributed by atoms with Gasteiger partial charge in [0.15, 0.2) is 0 Å². The van der Waals surface area contributed by atoms with Crippen LogP contribution in [-0.2, 0) is 18.4 Å². The van der Waals surface area contributed by atoms with Crippen molar-refractivity contribution >= 4 is 23.0 Å². The second-order valence-corrected chi connectivity index (χ2v) is 5.40. The Morgan fingerprint density at radius 3 is 2.67 bits per heavy atom. The molecule has 2 aromatic carbocycles. The molecule has 0 saturated carbocycles. The van der Waals surface area contributed by atoms with Crippen LogP contribution in [0.4, 0.5) is 0 Å². The fourth-order valence-electron chi connectivity index (χ4n) is 2.47. The SMILES string of the molecule is COc1ccc(C=CC(=O)NCc2nc3ccccc3n2C)cc1. The Kier molecular flexibility index (Phi) is 4.61. The molecule has 0 unspecified atom stereocenters. The Bertz CT molecular complexity index is 879. The number of rotatable bonds is 5. The number of methoxy groups -OCH3 is 1. The third-order valence-corrected chi connectivity index (χ3v) is 3.84. The molecule has 5 nitrogen and oxygen atoms in total. The van der Waals surface area contributed by atoms with Crippen molar-refractivity contribution in [3.63, 3.8) is 0 Å². The lowest BCUT2D eigenvalue weighted by molar-refractivity contribution is -0.116. The Morgan fingerprint density at radius 2 is 1.96 bits per heavy atom. The van der Waals surface area contributed by atoms with Crippen LogP contribution in [0, 0.1) is 0 Å². The number of para-hydroxylation sites is 2. The van der Waals surface area contributed by atoms with E-state index in [1.165, 1.54) is 6.08 Å². The zero-order chi connectivity index (χ0) is 16.9. The quantitative estimate of drug-likeness (QED) is 0.735. The van der Waals surface area contributed by atoms with E-state index < -0.39 is 0 Å². The normalized spacial score (nSPS) is 11.1. The van der Waals surface area contributed by atoms with Gasteiger partial charge in [-0.15, -0.1) is 0 Å². The second-order valence-electron chi connectivity index (χ2n) is 5.40. The maximum atomic E-state index is 12.0. The summed E-state index contributed by atoms with van der Waals surface area (Å²) in [7, 11) is 3.57. The number of hydrogen-bond acceptors (Lipinski definition) is 3. The first-order valence-corrected chi connectivity index (χ1v) is 7.67. The van der Waals surface area contributed by atoms with Crippen LogP contribution in [0.2, 0.25) is 0 Å². The van der Waals surface area contributed by atoms with E-state index in [1.54, 1.807) is 13.2 Å². The van der Waals surface area contributed by atoms with Crippen LogP contribution in [0.15, 0.2) is 54.6 Å². The van der Waals surface area contributed by atoms with Crippen molar-refractivity contribution in [2.75, 3.05) is 7.11 Å². The average Bonchev–Trinajstić information content (AvgIpc) is 2.95. The number of carbonyl (C=O) groups excluding carboxylic acids is 1. The van der Waals surface area contributed by atoms with Gasteiger partial charge >= 0.3 is 0 Å². The highest BCUT2D eigenvalue weighted by Crippen LogP contribution is 2.14. The van der Waals surface area contributed by atoms with Crippen molar-refractivity contribution in [3.05, 3.63) is 66.0 Å². The van der Waals surface area contributed by atoms with Gasteiger partial charge in [0.2, 0.25) is 5.91 Å². The largest absolute Gasteiger partial charge is 0.497 e. The van der Waals surface area contributed by atoms with Crippen LogP contribution in [0.5, 0.6) is 5.75 Å². The third kappa shape index (κ3) is 3.46. The summed E-state index contributed by atoms with van der Waals surface area (Å²) in [6.45, 7) is 0.386. The Balaban J connectivity index is 1.62. The zero-order valence-corrected chi connectivity index (χ0v) is 13.7. The van der Waals surface area contributed by atoms with Gasteiger partial charge in [-0.3, -0.25) is 4.79 Å². The molecule has 0 aliphatic carbocycles. The monoisotopic (exact) mass is 321 g/mol. The van der Waals surface area contributed by atoms with Gasteiger partial charge in [0.05, 0.1) is 24.7 Å². The summed E-state index contributed by atoms with van der Waals surface area (Å²) in [5.41, 5.74) is 2.92. The van der Waals surface area contributed by atoms with Gasteiger partial charge in [0.1, 0.15) is 11.6 Å². The number of carbonyl (C=O) groups is 1. The number of nitrogens with one attached hydrogen (secondary N) is 1. The average molecular weight is 321 g/mol. The predicted octanol–water partition coefficient (Wildman–Crippen LogP) is 2.91. The minimum atomic E-state index is -0.155. The molecular formula is C19H19N3O2. The van der Waals surface area contributed by atoms with Gasteiger partial charge in [0, 0.05) is 13.1 Å². The summed E-state index contributed by atoms with van der Waals surface area (Å²) < 4.78 is 7.09. The van der Waals surface area contributed by atoms with E-state index in [1.807, 2.05) is 60.1 Å². The number of aryl methyl sites for hydroxylation is 1. The second kappa shape index (κ2) is 7.00. The van der Waals surface area contributed by atoms with E-state index in [0.717, 1.165) is 28.2 Å². The molecule has 0 aliphatic heterocycles. The molecule has 0 saturated heterocycles. The highest BCUT2D eigenvalue weighted by molar-refractivity contribution is 5.91. The predicted molar refractivity (Wildman–Crippen MR) is 94.6 cm³/mol. The topological polar surface area (TPSA) is 56.1 Å². The summed E-state index contributed by atoms with van der Waals surface area (Å²) in [4.78, 5) is 16.5.